The predicted molar refractivity (Wildman–Crippen MR) is 75.2 cm³/mol. The Balaban J connectivity index is 1.84. The Kier molecular flexibility index (Phi) is 3.10. The molecule has 0 aliphatic heterocycles. The number of para-hydroxylation sites is 2. The molecular weight excluding hydrogens is 242 g/mol. The first-order valence-electron chi connectivity index (χ1n) is 5.77. The molecule has 0 spiro atoms. The molecule has 3 nitrogen and oxygen atoms in total. The molecule has 0 saturated heterocycles. The summed E-state index contributed by atoms with van der Waals surface area (Å²) in [7, 11) is 0. The van der Waals surface area contributed by atoms with E-state index in [9.17, 15) is 0 Å². The zero-order valence-electron chi connectivity index (χ0n) is 9.78. The SMILES string of the molecule is c1csc(CNc2ccccc2-n2ccnc2)c1. The summed E-state index contributed by atoms with van der Waals surface area (Å²) in [5.41, 5.74) is 2.23. The largest absolute Gasteiger partial charge is 0.378 e. The average molecular weight is 255 g/mol. The fraction of sp³-hybridized carbons (Fsp3) is 0.0714. The predicted octanol–water partition coefficient (Wildman–Crippen LogP) is 3.55. The maximum absolute atomic E-state index is 4.09. The van der Waals surface area contributed by atoms with Gasteiger partial charge in [-0.05, 0) is 23.6 Å². The summed E-state index contributed by atoms with van der Waals surface area (Å²) in [4.78, 5) is 5.42. The van der Waals surface area contributed by atoms with Crippen molar-refractivity contribution in [3.8, 4) is 5.69 Å². The number of hydrogen-bond donors (Lipinski definition) is 1. The molecule has 3 aromatic rings. The van der Waals surface area contributed by atoms with E-state index in [4.69, 9.17) is 0 Å². The Bertz CT molecular complexity index is 600. The lowest BCUT2D eigenvalue weighted by atomic mass is 10.2. The topological polar surface area (TPSA) is 29.9 Å². The average Bonchev–Trinajstić information content (AvgIpc) is 3.10. The molecule has 1 aromatic carbocycles. The van der Waals surface area contributed by atoms with Crippen LogP contribution in [0, 0.1) is 0 Å². The van der Waals surface area contributed by atoms with Gasteiger partial charge in [-0.25, -0.2) is 4.98 Å². The van der Waals surface area contributed by atoms with Crippen LogP contribution in [0.25, 0.3) is 5.69 Å². The van der Waals surface area contributed by atoms with E-state index in [0.717, 1.165) is 17.9 Å². The molecule has 0 fully saturated rings. The van der Waals surface area contributed by atoms with Crippen molar-refractivity contribution < 1.29 is 0 Å². The van der Waals surface area contributed by atoms with Gasteiger partial charge in [-0.2, -0.15) is 0 Å². The van der Waals surface area contributed by atoms with E-state index in [2.05, 4.69) is 39.9 Å². The van der Waals surface area contributed by atoms with E-state index in [1.165, 1.54) is 4.88 Å². The quantitative estimate of drug-likeness (QED) is 0.772. The van der Waals surface area contributed by atoms with Crippen molar-refractivity contribution in [2.45, 2.75) is 6.54 Å². The van der Waals surface area contributed by atoms with Crippen LogP contribution in [-0.4, -0.2) is 9.55 Å². The van der Waals surface area contributed by atoms with Crippen molar-refractivity contribution in [2.75, 3.05) is 5.32 Å². The molecule has 0 aliphatic rings. The number of nitrogens with zero attached hydrogens (tertiary/aromatic N) is 2. The van der Waals surface area contributed by atoms with Gasteiger partial charge in [0.1, 0.15) is 0 Å². The Morgan fingerprint density at radius 1 is 1.17 bits per heavy atom. The van der Waals surface area contributed by atoms with Crippen molar-refractivity contribution in [1.82, 2.24) is 9.55 Å². The van der Waals surface area contributed by atoms with Crippen molar-refractivity contribution in [2.24, 2.45) is 0 Å². The molecule has 0 aliphatic carbocycles. The lowest BCUT2D eigenvalue weighted by Crippen LogP contribution is -2.02. The van der Waals surface area contributed by atoms with Gasteiger partial charge in [-0.15, -0.1) is 11.3 Å². The van der Waals surface area contributed by atoms with Gasteiger partial charge >= 0.3 is 0 Å². The first-order chi connectivity index (χ1) is 8.93. The van der Waals surface area contributed by atoms with Gasteiger partial charge in [-0.1, -0.05) is 18.2 Å². The van der Waals surface area contributed by atoms with Crippen molar-refractivity contribution >= 4 is 17.0 Å². The monoisotopic (exact) mass is 255 g/mol. The summed E-state index contributed by atoms with van der Waals surface area (Å²) in [6.07, 6.45) is 5.55. The number of nitrogens with one attached hydrogen (secondary N) is 1. The van der Waals surface area contributed by atoms with Crippen LogP contribution in [0.5, 0.6) is 0 Å². The summed E-state index contributed by atoms with van der Waals surface area (Å²) < 4.78 is 2.01. The molecule has 2 aromatic heterocycles. The molecule has 2 heterocycles. The molecule has 0 unspecified atom stereocenters. The second-order valence-corrected chi connectivity index (χ2v) is 4.95. The second kappa shape index (κ2) is 5.06. The Morgan fingerprint density at radius 2 is 2.11 bits per heavy atom. The van der Waals surface area contributed by atoms with Crippen molar-refractivity contribution in [3.63, 3.8) is 0 Å². The number of aromatic nitrogens is 2. The van der Waals surface area contributed by atoms with Crippen LogP contribution < -0.4 is 5.32 Å². The lowest BCUT2D eigenvalue weighted by Gasteiger charge is -2.11. The van der Waals surface area contributed by atoms with E-state index in [0.29, 0.717) is 0 Å². The maximum atomic E-state index is 4.09. The molecule has 1 N–H and O–H groups in total. The number of imidazole rings is 1. The summed E-state index contributed by atoms with van der Waals surface area (Å²) in [6, 6.07) is 12.4. The fourth-order valence-corrected chi connectivity index (χ4v) is 2.49. The number of rotatable bonds is 4. The van der Waals surface area contributed by atoms with E-state index in [1.807, 2.05) is 29.2 Å². The number of anilines is 1. The van der Waals surface area contributed by atoms with Crippen LogP contribution in [0.1, 0.15) is 4.88 Å². The van der Waals surface area contributed by atoms with E-state index in [1.54, 1.807) is 17.5 Å². The van der Waals surface area contributed by atoms with Gasteiger partial charge in [0.25, 0.3) is 0 Å². The second-order valence-electron chi connectivity index (χ2n) is 3.92. The fourth-order valence-electron chi connectivity index (χ4n) is 1.85. The first kappa shape index (κ1) is 11.0. The zero-order chi connectivity index (χ0) is 12.2. The number of hydrogen-bond acceptors (Lipinski definition) is 3. The molecule has 18 heavy (non-hydrogen) atoms. The van der Waals surface area contributed by atoms with Crippen molar-refractivity contribution in [1.29, 1.82) is 0 Å². The van der Waals surface area contributed by atoms with Gasteiger partial charge in [0, 0.05) is 23.8 Å². The smallest absolute Gasteiger partial charge is 0.0992 e. The van der Waals surface area contributed by atoms with Crippen molar-refractivity contribution in [3.05, 3.63) is 65.4 Å². The van der Waals surface area contributed by atoms with E-state index < -0.39 is 0 Å². The van der Waals surface area contributed by atoms with E-state index in [-0.39, 0.29) is 0 Å². The molecule has 4 heteroatoms. The molecule has 0 amide bonds. The first-order valence-corrected chi connectivity index (χ1v) is 6.65. The van der Waals surface area contributed by atoms with Gasteiger partial charge in [0.05, 0.1) is 17.7 Å². The Morgan fingerprint density at radius 3 is 2.89 bits per heavy atom. The summed E-state index contributed by atoms with van der Waals surface area (Å²) >= 11 is 1.76. The molecule has 0 radical (unpaired) electrons. The molecule has 0 saturated carbocycles. The van der Waals surface area contributed by atoms with Gasteiger partial charge in [0.15, 0.2) is 0 Å². The molecule has 0 atom stereocenters. The van der Waals surface area contributed by atoms with Crippen LogP contribution in [0.4, 0.5) is 5.69 Å². The minimum atomic E-state index is 0.851. The van der Waals surface area contributed by atoms with Gasteiger partial charge < -0.3 is 9.88 Å². The van der Waals surface area contributed by atoms with Gasteiger partial charge in [0.2, 0.25) is 0 Å². The van der Waals surface area contributed by atoms with E-state index >= 15 is 0 Å². The van der Waals surface area contributed by atoms with Crippen LogP contribution in [0.3, 0.4) is 0 Å². The lowest BCUT2D eigenvalue weighted by molar-refractivity contribution is 1.05. The summed E-state index contributed by atoms with van der Waals surface area (Å²) in [5, 5.41) is 5.56. The van der Waals surface area contributed by atoms with Crippen LogP contribution in [-0.2, 0) is 6.54 Å². The third-order valence-corrected chi connectivity index (χ3v) is 3.60. The zero-order valence-corrected chi connectivity index (χ0v) is 10.6. The Hall–Kier alpha value is -2.07. The summed E-state index contributed by atoms with van der Waals surface area (Å²) in [5.74, 6) is 0. The third kappa shape index (κ3) is 2.28. The molecule has 0 bridgehead atoms. The van der Waals surface area contributed by atoms with Crippen LogP contribution >= 0.6 is 11.3 Å². The van der Waals surface area contributed by atoms with Crippen LogP contribution in [0.2, 0.25) is 0 Å². The Labute approximate surface area is 110 Å². The highest BCUT2D eigenvalue weighted by Crippen LogP contribution is 2.21. The number of benzene rings is 1. The molecule has 3 rings (SSSR count). The van der Waals surface area contributed by atoms with Crippen LogP contribution in [0.15, 0.2) is 60.5 Å². The number of thiophene rings is 1. The minimum absolute atomic E-state index is 0.851. The normalized spacial score (nSPS) is 10.4. The molecule has 90 valence electrons. The molecular formula is C14H13N3S. The summed E-state index contributed by atoms with van der Waals surface area (Å²) in [6.45, 7) is 0.851. The standard InChI is InChI=1S/C14H13N3S/c1-2-6-14(17-8-7-15-11-17)13(5-1)16-10-12-4-3-9-18-12/h1-9,11,16H,10H2. The van der Waals surface area contributed by atoms with Gasteiger partial charge in [-0.3, -0.25) is 0 Å². The highest BCUT2D eigenvalue weighted by Gasteiger charge is 2.03. The maximum Gasteiger partial charge on any atom is 0.0992 e. The highest BCUT2D eigenvalue weighted by atomic mass is 32.1. The minimum Gasteiger partial charge on any atom is -0.378 e. The third-order valence-electron chi connectivity index (χ3n) is 2.72. The highest BCUT2D eigenvalue weighted by molar-refractivity contribution is 7.09.